The molecule has 0 amide bonds. The maximum absolute atomic E-state index is 8.33. The van der Waals surface area contributed by atoms with Crippen LogP contribution in [0, 0.1) is 0 Å². The number of rotatable bonds is 3. The summed E-state index contributed by atoms with van der Waals surface area (Å²) >= 11 is 1.57. The van der Waals surface area contributed by atoms with E-state index in [0.29, 0.717) is 6.54 Å². The van der Waals surface area contributed by atoms with Gasteiger partial charge in [-0.15, -0.1) is 11.3 Å². The molecule has 0 aliphatic carbocycles. The molecule has 0 saturated carbocycles. The smallest absolute Gasteiger partial charge is 0.0996 e. The predicted octanol–water partition coefficient (Wildman–Crippen LogP) is 4.77. The van der Waals surface area contributed by atoms with Gasteiger partial charge in [0.15, 0.2) is 0 Å². The molecule has 0 radical (unpaired) electrons. The van der Waals surface area contributed by atoms with Gasteiger partial charge in [0.25, 0.3) is 0 Å². The van der Waals surface area contributed by atoms with Crippen LogP contribution in [0.4, 0.5) is 0 Å². The zero-order valence-corrected chi connectivity index (χ0v) is 10.8. The van der Waals surface area contributed by atoms with Gasteiger partial charge in [0, 0.05) is 4.91 Å². The predicted molar refractivity (Wildman–Crippen MR) is 77.9 cm³/mol. The first-order valence-corrected chi connectivity index (χ1v) is 6.64. The van der Waals surface area contributed by atoms with E-state index in [1.165, 1.54) is 11.1 Å². The van der Waals surface area contributed by atoms with E-state index >= 15 is 0 Å². The Morgan fingerprint density at radius 1 is 1.11 bits per heavy atom. The van der Waals surface area contributed by atoms with E-state index in [9.17, 15) is 0 Å². The molecule has 0 aliphatic rings. The monoisotopic (exact) mass is 266 g/mol. The molecule has 0 bridgehead atoms. The molecule has 1 aromatic heterocycles. The van der Waals surface area contributed by atoms with E-state index in [4.69, 9.17) is 5.53 Å². The number of azide groups is 1. The number of aromatic nitrogens is 1. The third-order valence-corrected chi connectivity index (χ3v) is 3.81. The van der Waals surface area contributed by atoms with Crippen LogP contribution >= 0.6 is 11.3 Å². The number of hydrogen-bond donors (Lipinski definition) is 0. The molecule has 3 aromatic rings. The maximum Gasteiger partial charge on any atom is 0.0996 e. The Bertz CT molecular complexity index is 757. The molecule has 0 spiro atoms. The Morgan fingerprint density at radius 2 is 1.95 bits per heavy atom. The van der Waals surface area contributed by atoms with Crippen LogP contribution in [0.1, 0.15) is 5.01 Å². The first-order chi connectivity index (χ1) is 9.36. The molecular weight excluding hydrogens is 256 g/mol. The first-order valence-electron chi connectivity index (χ1n) is 5.82. The molecule has 92 valence electrons. The largest absolute Gasteiger partial charge is 0.241 e. The van der Waals surface area contributed by atoms with E-state index < -0.39 is 0 Å². The molecule has 0 unspecified atom stereocenters. The SMILES string of the molecule is [N-]=[N+]=NCc1nc2ccc(-c3ccccc3)cc2s1. The zero-order chi connectivity index (χ0) is 13.1. The molecule has 1 heterocycles. The fourth-order valence-corrected chi connectivity index (χ4v) is 2.87. The van der Waals surface area contributed by atoms with Crippen molar-refractivity contribution in [3.63, 3.8) is 0 Å². The highest BCUT2D eigenvalue weighted by molar-refractivity contribution is 7.18. The van der Waals surface area contributed by atoms with Gasteiger partial charge in [-0.2, -0.15) is 0 Å². The van der Waals surface area contributed by atoms with Crippen molar-refractivity contribution in [3.8, 4) is 11.1 Å². The lowest BCUT2D eigenvalue weighted by atomic mass is 10.1. The first kappa shape index (κ1) is 11.7. The Kier molecular flexibility index (Phi) is 3.14. The summed E-state index contributed by atoms with van der Waals surface area (Å²) in [5, 5.41) is 4.39. The second-order valence-electron chi connectivity index (χ2n) is 4.05. The molecule has 0 N–H and O–H groups in total. The Hall–Kier alpha value is -2.36. The van der Waals surface area contributed by atoms with E-state index in [-0.39, 0.29) is 0 Å². The summed E-state index contributed by atoms with van der Waals surface area (Å²) in [6, 6.07) is 16.4. The van der Waals surface area contributed by atoms with Crippen molar-refractivity contribution in [1.82, 2.24) is 4.98 Å². The van der Waals surface area contributed by atoms with E-state index in [1.807, 2.05) is 24.3 Å². The van der Waals surface area contributed by atoms with Crippen molar-refractivity contribution >= 4 is 21.6 Å². The second kappa shape index (κ2) is 5.10. The highest BCUT2D eigenvalue weighted by Gasteiger charge is 2.05. The maximum atomic E-state index is 8.33. The summed E-state index contributed by atoms with van der Waals surface area (Å²) in [6.07, 6.45) is 0. The van der Waals surface area contributed by atoms with Gasteiger partial charge in [-0.05, 0) is 28.8 Å². The third-order valence-electron chi connectivity index (χ3n) is 2.81. The second-order valence-corrected chi connectivity index (χ2v) is 5.16. The third kappa shape index (κ3) is 2.42. The summed E-state index contributed by atoms with van der Waals surface area (Å²) in [7, 11) is 0. The average molecular weight is 266 g/mol. The molecule has 19 heavy (non-hydrogen) atoms. The van der Waals surface area contributed by atoms with Gasteiger partial charge in [0.2, 0.25) is 0 Å². The fraction of sp³-hybridized carbons (Fsp3) is 0.0714. The van der Waals surface area contributed by atoms with Crippen molar-refractivity contribution in [2.45, 2.75) is 6.54 Å². The van der Waals surface area contributed by atoms with E-state index in [1.54, 1.807) is 11.3 Å². The van der Waals surface area contributed by atoms with Crippen LogP contribution in [-0.4, -0.2) is 4.98 Å². The van der Waals surface area contributed by atoms with Crippen molar-refractivity contribution in [2.75, 3.05) is 0 Å². The normalized spacial score (nSPS) is 10.3. The van der Waals surface area contributed by atoms with Crippen molar-refractivity contribution in [3.05, 3.63) is 64.0 Å². The standard InChI is InChI=1S/C14H10N4S/c15-18-16-9-14-17-12-7-6-11(8-13(12)19-14)10-4-2-1-3-5-10/h1-8H,9H2. The number of hydrogen-bond acceptors (Lipinski definition) is 3. The van der Waals surface area contributed by atoms with Gasteiger partial charge in [0.1, 0.15) is 0 Å². The number of nitrogens with zero attached hydrogens (tertiary/aromatic N) is 4. The summed E-state index contributed by atoms with van der Waals surface area (Å²) in [5.74, 6) is 0. The summed E-state index contributed by atoms with van der Waals surface area (Å²) < 4.78 is 1.12. The van der Waals surface area contributed by atoms with Crippen LogP contribution in [-0.2, 0) is 6.54 Å². The van der Waals surface area contributed by atoms with Gasteiger partial charge in [0.05, 0.1) is 21.8 Å². The molecular formula is C14H10N4S. The summed E-state index contributed by atoms with van der Waals surface area (Å²) in [4.78, 5) is 7.20. The quantitative estimate of drug-likeness (QED) is 0.382. The summed E-state index contributed by atoms with van der Waals surface area (Å²) in [5.41, 5.74) is 11.6. The van der Waals surface area contributed by atoms with Crippen LogP contribution in [0.3, 0.4) is 0 Å². The van der Waals surface area contributed by atoms with Crippen LogP contribution < -0.4 is 0 Å². The molecule has 0 saturated heterocycles. The van der Waals surface area contributed by atoms with Gasteiger partial charge in [-0.25, -0.2) is 4.98 Å². The number of thiazole rings is 1. The summed E-state index contributed by atoms with van der Waals surface area (Å²) in [6.45, 7) is 0.316. The van der Waals surface area contributed by atoms with Crippen LogP contribution in [0.25, 0.3) is 31.8 Å². The lowest BCUT2D eigenvalue weighted by Crippen LogP contribution is -1.77. The molecule has 3 rings (SSSR count). The molecule has 2 aromatic carbocycles. The van der Waals surface area contributed by atoms with Crippen molar-refractivity contribution in [1.29, 1.82) is 0 Å². The minimum atomic E-state index is 0.316. The number of benzene rings is 2. The average Bonchev–Trinajstić information content (AvgIpc) is 2.87. The fourth-order valence-electron chi connectivity index (χ4n) is 1.94. The van der Waals surface area contributed by atoms with Gasteiger partial charge >= 0.3 is 0 Å². The number of fused-ring (bicyclic) bond motifs is 1. The Labute approximate surface area is 114 Å². The highest BCUT2D eigenvalue weighted by Crippen LogP contribution is 2.28. The van der Waals surface area contributed by atoms with Gasteiger partial charge < -0.3 is 0 Å². The molecule has 0 aliphatic heterocycles. The van der Waals surface area contributed by atoms with E-state index in [2.05, 4.69) is 39.3 Å². The van der Waals surface area contributed by atoms with Gasteiger partial charge in [-0.3, -0.25) is 0 Å². The van der Waals surface area contributed by atoms with Crippen LogP contribution in [0.5, 0.6) is 0 Å². The highest BCUT2D eigenvalue weighted by atomic mass is 32.1. The lowest BCUT2D eigenvalue weighted by Gasteiger charge is -2.00. The van der Waals surface area contributed by atoms with Crippen LogP contribution in [0.15, 0.2) is 53.6 Å². The van der Waals surface area contributed by atoms with Crippen LogP contribution in [0.2, 0.25) is 0 Å². The topological polar surface area (TPSA) is 61.7 Å². The lowest BCUT2D eigenvalue weighted by molar-refractivity contribution is 1.03. The Morgan fingerprint density at radius 3 is 2.74 bits per heavy atom. The van der Waals surface area contributed by atoms with Gasteiger partial charge in [-0.1, -0.05) is 41.5 Å². The minimum absolute atomic E-state index is 0.316. The van der Waals surface area contributed by atoms with E-state index in [0.717, 1.165) is 15.2 Å². The Balaban J connectivity index is 2.03. The molecule has 0 atom stereocenters. The van der Waals surface area contributed by atoms with Crippen molar-refractivity contribution < 1.29 is 0 Å². The molecule has 4 nitrogen and oxygen atoms in total. The molecule has 5 heteroatoms. The zero-order valence-electron chi connectivity index (χ0n) is 10.0. The van der Waals surface area contributed by atoms with Crippen molar-refractivity contribution in [2.24, 2.45) is 5.11 Å². The molecule has 0 fully saturated rings. The minimum Gasteiger partial charge on any atom is -0.241 e.